The van der Waals surface area contributed by atoms with Crippen molar-refractivity contribution in [3.63, 3.8) is 0 Å². The number of hydrogen-bond acceptors (Lipinski definition) is 5. The van der Waals surface area contributed by atoms with Crippen molar-refractivity contribution in [3.8, 4) is 22.6 Å². The minimum absolute atomic E-state index is 0.0313. The van der Waals surface area contributed by atoms with Crippen LogP contribution in [0, 0.1) is 0 Å². The Bertz CT molecular complexity index is 1360. The fourth-order valence-corrected chi connectivity index (χ4v) is 3.84. The van der Waals surface area contributed by atoms with Crippen molar-refractivity contribution >= 4 is 77.2 Å². The lowest BCUT2D eigenvalue weighted by Gasteiger charge is -2.41. The third-order valence-electron chi connectivity index (χ3n) is 5.47. The predicted octanol–water partition coefficient (Wildman–Crippen LogP) is -1.60. The summed E-state index contributed by atoms with van der Waals surface area (Å²) in [6.45, 7) is -0.552. The number of alkyl halides is 3. The summed E-state index contributed by atoms with van der Waals surface area (Å²) < 4.78 is 47.2. The summed E-state index contributed by atoms with van der Waals surface area (Å²) >= 11 is 0. The second-order valence-corrected chi connectivity index (χ2v) is 8.24. The van der Waals surface area contributed by atoms with Crippen LogP contribution in [0.3, 0.4) is 0 Å². The van der Waals surface area contributed by atoms with Gasteiger partial charge in [0.15, 0.2) is 0 Å². The van der Waals surface area contributed by atoms with Crippen molar-refractivity contribution in [2.75, 3.05) is 6.54 Å². The number of fused-ring (bicyclic) bond motifs is 1. The van der Waals surface area contributed by atoms with E-state index in [0.717, 1.165) is 17.0 Å². The lowest BCUT2D eigenvalue weighted by atomic mass is 9.57. The third kappa shape index (κ3) is 5.15. The van der Waals surface area contributed by atoms with E-state index in [1.807, 2.05) is 0 Å². The van der Waals surface area contributed by atoms with E-state index in [4.69, 9.17) is 59.7 Å². The van der Waals surface area contributed by atoms with E-state index in [1.165, 1.54) is 30.6 Å². The zero-order valence-electron chi connectivity index (χ0n) is 19.0. The van der Waals surface area contributed by atoms with Gasteiger partial charge in [0, 0.05) is 29.7 Å². The first-order chi connectivity index (χ1) is 17.1. The van der Waals surface area contributed by atoms with Gasteiger partial charge in [0.25, 0.3) is 5.91 Å². The van der Waals surface area contributed by atoms with Crippen LogP contribution in [-0.2, 0) is 5.34 Å². The molecule has 4 rings (SSSR count). The number of carbonyl (C=O) groups excluding carboxylic acids is 1. The van der Waals surface area contributed by atoms with Gasteiger partial charge in [-0.2, -0.15) is 0 Å². The van der Waals surface area contributed by atoms with Gasteiger partial charge in [0.1, 0.15) is 72.2 Å². The van der Waals surface area contributed by atoms with Gasteiger partial charge >= 0.3 is 6.36 Å². The molecule has 2 heterocycles. The van der Waals surface area contributed by atoms with Crippen LogP contribution in [0.2, 0.25) is 0 Å². The highest BCUT2D eigenvalue weighted by Crippen LogP contribution is 2.32. The smallest absolute Gasteiger partial charge is 0.505 e. The maximum Gasteiger partial charge on any atom is 0.573 e. The van der Waals surface area contributed by atoms with E-state index in [0.29, 0.717) is 0 Å². The molecule has 1 aliphatic rings. The fraction of sp³-hybridized carbons (Fsp3) is 0.190. The van der Waals surface area contributed by atoms with Crippen molar-refractivity contribution in [1.82, 2.24) is 14.9 Å². The summed E-state index contributed by atoms with van der Waals surface area (Å²) in [5.74, 6) is -1.85. The van der Waals surface area contributed by atoms with Crippen LogP contribution in [0.1, 0.15) is 16.2 Å². The van der Waals surface area contributed by atoms with Gasteiger partial charge in [0.2, 0.25) is 0 Å². The zero-order chi connectivity index (χ0) is 27.3. The minimum atomic E-state index is -4.89. The first-order valence-electron chi connectivity index (χ1n) is 10.4. The Morgan fingerprint density at radius 2 is 1.54 bits per heavy atom. The van der Waals surface area contributed by atoms with Crippen LogP contribution in [0.4, 0.5) is 13.2 Å². The number of halogens is 3. The Hall–Kier alpha value is -3.17. The molecule has 1 aliphatic heterocycles. The number of amides is 1. The highest BCUT2D eigenvalue weighted by molar-refractivity contribution is 6.57. The molecule has 16 heteroatoms. The molecule has 168 valence electrons. The van der Waals surface area contributed by atoms with Crippen LogP contribution in [0.5, 0.6) is 11.5 Å². The first-order valence-corrected chi connectivity index (χ1v) is 10.4. The standard InChI is InChI=1S/C21H9B7F3N3O3/c22-13-11(9-2-4-10(5-3-9)36-21(29,30)31)14(23)15(24)16-12(13)17(35)34(8-19(25,26)37-16)20(27,28)18-32-6-1-7-33-18/h1-7H,8H2. The molecule has 3 aromatic rings. The summed E-state index contributed by atoms with van der Waals surface area (Å²) in [6, 6.07) is 6.09. The van der Waals surface area contributed by atoms with Crippen LogP contribution in [0.25, 0.3) is 11.1 Å². The number of ether oxygens (including phenoxy) is 2. The molecule has 0 N–H and O–H groups in total. The minimum Gasteiger partial charge on any atom is -0.505 e. The Labute approximate surface area is 220 Å². The van der Waals surface area contributed by atoms with Crippen molar-refractivity contribution in [2.45, 2.75) is 17.1 Å². The highest BCUT2D eigenvalue weighted by atomic mass is 19.4. The number of carbonyl (C=O) groups is 1. The van der Waals surface area contributed by atoms with E-state index in [-0.39, 0.29) is 44.7 Å². The molecule has 0 spiro atoms. The normalized spacial score (nSPS) is 15.4. The number of nitrogens with zero attached hydrogens (tertiary/aromatic N) is 3. The average molecular weight is 484 g/mol. The van der Waals surface area contributed by atoms with E-state index in [9.17, 15) is 18.0 Å². The highest BCUT2D eigenvalue weighted by Gasteiger charge is 2.43. The van der Waals surface area contributed by atoms with Crippen molar-refractivity contribution in [3.05, 3.63) is 54.1 Å². The summed E-state index contributed by atoms with van der Waals surface area (Å²) in [5, 5.41) is -4.20. The second-order valence-electron chi connectivity index (χ2n) is 8.24. The molecule has 37 heavy (non-hydrogen) atoms. The Balaban J connectivity index is 1.88. The lowest BCUT2D eigenvalue weighted by molar-refractivity contribution is -0.274. The van der Waals surface area contributed by atoms with Crippen molar-refractivity contribution in [2.24, 2.45) is 0 Å². The monoisotopic (exact) mass is 485 g/mol. The van der Waals surface area contributed by atoms with E-state index in [2.05, 4.69) is 14.7 Å². The van der Waals surface area contributed by atoms with Gasteiger partial charge in [-0.1, -0.05) is 28.5 Å². The molecule has 0 fully saturated rings. The van der Waals surface area contributed by atoms with Crippen molar-refractivity contribution < 1.29 is 27.4 Å². The third-order valence-corrected chi connectivity index (χ3v) is 5.47. The molecule has 0 unspecified atom stereocenters. The van der Waals surface area contributed by atoms with Gasteiger partial charge in [-0.15, -0.1) is 13.2 Å². The SMILES string of the molecule is [B]c1c([B])c(-c2ccc(OC(F)(F)F)cc2)c([B])c2c1OC([B])([B])CN(C([B])([B])c1ncccn1)C2=O. The number of hydrogen-bond donors (Lipinski definition) is 0. The van der Waals surface area contributed by atoms with E-state index in [1.54, 1.807) is 0 Å². The Morgan fingerprint density at radius 1 is 0.946 bits per heavy atom. The quantitative estimate of drug-likeness (QED) is 0.418. The number of aromatic nitrogens is 2. The van der Waals surface area contributed by atoms with Gasteiger partial charge in [-0.3, -0.25) is 4.79 Å². The predicted molar refractivity (Wildman–Crippen MR) is 136 cm³/mol. The molecular weight excluding hydrogens is 475 g/mol. The molecule has 0 aliphatic carbocycles. The summed E-state index contributed by atoms with van der Waals surface area (Å²) in [7, 11) is 43.5. The molecular formula is C21H9B7F3N3O3. The molecule has 2 aromatic carbocycles. The van der Waals surface area contributed by atoms with Crippen molar-refractivity contribution in [1.29, 1.82) is 0 Å². The number of rotatable bonds is 4. The molecule has 0 bridgehead atoms. The Morgan fingerprint density at radius 3 is 2.11 bits per heavy atom. The lowest BCUT2D eigenvalue weighted by Crippen LogP contribution is -2.58. The van der Waals surface area contributed by atoms with Crippen LogP contribution >= 0.6 is 0 Å². The van der Waals surface area contributed by atoms with Gasteiger partial charge in [-0.25, -0.2) is 9.97 Å². The van der Waals surface area contributed by atoms with Gasteiger partial charge in [0.05, 0.1) is 5.56 Å². The average Bonchev–Trinajstić information content (AvgIpc) is 2.92. The first kappa shape index (κ1) is 26.9. The molecule has 0 saturated carbocycles. The molecule has 0 atom stereocenters. The van der Waals surface area contributed by atoms with E-state index < -0.39 is 35.3 Å². The topological polar surface area (TPSA) is 64.6 Å². The molecule has 6 nitrogen and oxygen atoms in total. The molecule has 14 radical (unpaired) electrons. The second kappa shape index (κ2) is 9.29. The maximum atomic E-state index is 13.8. The molecule has 1 amide bonds. The summed E-state index contributed by atoms with van der Waals surface area (Å²) in [4.78, 5) is 22.7. The Kier molecular flexibility index (Phi) is 6.75. The number of benzene rings is 2. The van der Waals surface area contributed by atoms with Crippen LogP contribution in [-0.4, -0.2) is 94.0 Å². The van der Waals surface area contributed by atoms with Gasteiger partial charge in [-0.05, 0) is 29.3 Å². The summed E-state index contributed by atoms with van der Waals surface area (Å²) in [5.41, 5.74) is -0.719. The summed E-state index contributed by atoms with van der Waals surface area (Å²) in [6.07, 6.45) is -2.17. The largest absolute Gasteiger partial charge is 0.573 e. The molecule has 1 aromatic heterocycles. The van der Waals surface area contributed by atoms with Crippen LogP contribution < -0.4 is 25.9 Å². The fourth-order valence-electron chi connectivity index (χ4n) is 3.84. The van der Waals surface area contributed by atoms with Crippen LogP contribution in [0.15, 0.2) is 42.7 Å². The zero-order valence-corrected chi connectivity index (χ0v) is 19.0. The molecule has 0 saturated heterocycles. The maximum absolute atomic E-state index is 13.8. The van der Waals surface area contributed by atoms with E-state index >= 15 is 0 Å². The van der Waals surface area contributed by atoms with Gasteiger partial charge < -0.3 is 14.4 Å².